The molecule has 0 spiro atoms. The summed E-state index contributed by atoms with van der Waals surface area (Å²) in [5.41, 5.74) is 2.95. The summed E-state index contributed by atoms with van der Waals surface area (Å²) < 4.78 is 9.06. The first kappa shape index (κ1) is 20.6. The molecule has 1 aromatic carbocycles. The Balaban J connectivity index is 1.47. The highest BCUT2D eigenvalue weighted by Crippen LogP contribution is 2.36. The van der Waals surface area contributed by atoms with Crippen molar-refractivity contribution >= 4 is 28.5 Å². The zero-order valence-corrected chi connectivity index (χ0v) is 18.3. The molecule has 2 N–H and O–H groups in total. The number of aryl methyl sites for hydroxylation is 2. The number of aromatic nitrogens is 3. The van der Waals surface area contributed by atoms with Gasteiger partial charge in [-0.25, -0.2) is 4.98 Å². The molecule has 2 aromatic heterocycles. The lowest BCUT2D eigenvalue weighted by atomic mass is 10.2. The molecule has 9 heteroatoms. The standard InChI is InChI=1S/C23H27N5O4/c1-26-13-15(23(31)28-9-3-4-10-28)20(29)19(26)21-25-16-12-14(7-8-17(16)27(21)2)24-22(30)18-6-5-11-32-18/h7-8,12-13,18,29H,3-6,9-11H2,1-2H3,(H,24,30). The lowest BCUT2D eigenvalue weighted by Crippen LogP contribution is -2.27. The molecule has 32 heavy (non-hydrogen) atoms. The minimum Gasteiger partial charge on any atom is -0.505 e. The van der Waals surface area contributed by atoms with Crippen LogP contribution in [0, 0.1) is 0 Å². The summed E-state index contributed by atoms with van der Waals surface area (Å²) >= 11 is 0. The molecule has 2 fully saturated rings. The average Bonchev–Trinajstić information content (AvgIpc) is 3.56. The Morgan fingerprint density at radius 1 is 1.19 bits per heavy atom. The summed E-state index contributed by atoms with van der Waals surface area (Å²) in [5.74, 6) is 0.181. The molecule has 168 valence electrons. The number of nitrogens with zero attached hydrogens (tertiary/aromatic N) is 4. The predicted octanol–water partition coefficient (Wildman–Crippen LogP) is 2.64. The molecule has 1 unspecified atom stereocenters. The van der Waals surface area contributed by atoms with Gasteiger partial charge in [-0.1, -0.05) is 0 Å². The number of carbonyl (C=O) groups excluding carboxylic acids is 2. The summed E-state index contributed by atoms with van der Waals surface area (Å²) in [4.78, 5) is 31.7. The van der Waals surface area contributed by atoms with Crippen LogP contribution in [0.5, 0.6) is 5.75 Å². The van der Waals surface area contributed by atoms with Gasteiger partial charge >= 0.3 is 0 Å². The molecular formula is C23H27N5O4. The van der Waals surface area contributed by atoms with Gasteiger partial charge < -0.3 is 29.2 Å². The Morgan fingerprint density at radius 2 is 1.97 bits per heavy atom. The highest BCUT2D eigenvalue weighted by Gasteiger charge is 2.28. The van der Waals surface area contributed by atoms with Gasteiger partial charge in [0.1, 0.15) is 11.8 Å². The number of hydrogen-bond donors (Lipinski definition) is 2. The molecular weight excluding hydrogens is 410 g/mol. The molecule has 2 aliphatic rings. The Kier molecular flexibility index (Phi) is 5.13. The van der Waals surface area contributed by atoms with E-state index in [2.05, 4.69) is 5.32 Å². The Bertz CT molecular complexity index is 1200. The van der Waals surface area contributed by atoms with E-state index in [0.717, 1.165) is 44.3 Å². The maximum absolute atomic E-state index is 12.9. The number of anilines is 1. The highest BCUT2D eigenvalue weighted by molar-refractivity contribution is 6.00. The molecule has 2 saturated heterocycles. The molecule has 2 aliphatic heterocycles. The van der Waals surface area contributed by atoms with E-state index < -0.39 is 6.10 Å². The Morgan fingerprint density at radius 3 is 2.69 bits per heavy atom. The zero-order chi connectivity index (χ0) is 22.4. The Hall–Kier alpha value is -3.33. The van der Waals surface area contributed by atoms with Gasteiger partial charge in [0.25, 0.3) is 11.8 Å². The number of hydrogen-bond acceptors (Lipinski definition) is 5. The van der Waals surface area contributed by atoms with Crippen molar-refractivity contribution in [3.05, 3.63) is 30.0 Å². The first-order valence-electron chi connectivity index (χ1n) is 11.0. The van der Waals surface area contributed by atoms with E-state index in [9.17, 15) is 14.7 Å². The number of likely N-dealkylation sites (tertiary alicyclic amines) is 1. The number of nitrogens with one attached hydrogen (secondary N) is 1. The highest BCUT2D eigenvalue weighted by atomic mass is 16.5. The minimum atomic E-state index is -0.406. The van der Waals surface area contributed by atoms with Crippen LogP contribution in [-0.2, 0) is 23.6 Å². The maximum Gasteiger partial charge on any atom is 0.259 e. The van der Waals surface area contributed by atoms with Crippen molar-refractivity contribution in [2.24, 2.45) is 14.1 Å². The second-order valence-electron chi connectivity index (χ2n) is 8.54. The molecule has 5 rings (SSSR count). The van der Waals surface area contributed by atoms with Crippen LogP contribution in [0.4, 0.5) is 5.69 Å². The van der Waals surface area contributed by atoms with Crippen molar-refractivity contribution in [1.29, 1.82) is 0 Å². The first-order chi connectivity index (χ1) is 15.4. The summed E-state index contributed by atoms with van der Waals surface area (Å²) in [6.07, 6.45) is 4.86. The van der Waals surface area contributed by atoms with Crippen LogP contribution in [0.15, 0.2) is 24.4 Å². The molecule has 3 aromatic rings. The van der Waals surface area contributed by atoms with E-state index in [1.165, 1.54) is 0 Å². The normalized spacial score (nSPS) is 18.6. The van der Waals surface area contributed by atoms with Crippen LogP contribution in [-0.4, -0.2) is 61.7 Å². The number of benzene rings is 1. The third-order valence-corrected chi connectivity index (χ3v) is 6.36. The Labute approximate surface area is 185 Å². The number of aromatic hydroxyl groups is 1. The van der Waals surface area contributed by atoms with Gasteiger partial charge in [-0.15, -0.1) is 0 Å². The number of fused-ring (bicyclic) bond motifs is 1. The SMILES string of the molecule is Cn1cc(C(=O)N2CCCC2)c(O)c1-c1nc2cc(NC(=O)C3CCCO3)ccc2n1C. The average molecular weight is 438 g/mol. The van der Waals surface area contributed by atoms with Gasteiger partial charge in [-0.3, -0.25) is 9.59 Å². The molecule has 2 amide bonds. The van der Waals surface area contributed by atoms with E-state index in [4.69, 9.17) is 9.72 Å². The smallest absolute Gasteiger partial charge is 0.259 e. The van der Waals surface area contributed by atoms with Gasteiger partial charge in [0, 0.05) is 45.7 Å². The molecule has 0 radical (unpaired) electrons. The summed E-state index contributed by atoms with van der Waals surface area (Å²) in [7, 11) is 3.66. The fraction of sp³-hybridized carbons (Fsp3) is 0.435. The van der Waals surface area contributed by atoms with Gasteiger partial charge in [0.05, 0.1) is 16.6 Å². The summed E-state index contributed by atoms with van der Waals surface area (Å²) in [6, 6.07) is 5.52. The number of amides is 2. The van der Waals surface area contributed by atoms with Crippen molar-refractivity contribution in [3.63, 3.8) is 0 Å². The van der Waals surface area contributed by atoms with Crippen LogP contribution in [0.25, 0.3) is 22.6 Å². The number of imidazole rings is 1. The van der Waals surface area contributed by atoms with Crippen LogP contribution >= 0.6 is 0 Å². The van der Waals surface area contributed by atoms with Crippen LogP contribution in [0.1, 0.15) is 36.0 Å². The summed E-state index contributed by atoms with van der Waals surface area (Å²) in [6.45, 7) is 2.05. The number of rotatable bonds is 4. The van der Waals surface area contributed by atoms with Crippen molar-refractivity contribution < 1.29 is 19.4 Å². The van der Waals surface area contributed by atoms with Gasteiger partial charge in [-0.05, 0) is 43.9 Å². The molecule has 0 bridgehead atoms. The molecule has 0 aliphatic carbocycles. The predicted molar refractivity (Wildman–Crippen MR) is 120 cm³/mol. The fourth-order valence-corrected chi connectivity index (χ4v) is 4.62. The monoisotopic (exact) mass is 437 g/mol. The second kappa shape index (κ2) is 7.98. The van der Waals surface area contributed by atoms with Crippen LogP contribution in [0.2, 0.25) is 0 Å². The second-order valence-corrected chi connectivity index (χ2v) is 8.54. The number of ether oxygens (including phenoxy) is 1. The lowest BCUT2D eigenvalue weighted by molar-refractivity contribution is -0.124. The van der Waals surface area contributed by atoms with Crippen LogP contribution < -0.4 is 5.32 Å². The lowest BCUT2D eigenvalue weighted by Gasteiger charge is -2.14. The van der Waals surface area contributed by atoms with E-state index >= 15 is 0 Å². The summed E-state index contributed by atoms with van der Waals surface area (Å²) in [5, 5.41) is 13.8. The molecule has 4 heterocycles. The first-order valence-corrected chi connectivity index (χ1v) is 11.0. The number of carbonyl (C=O) groups is 2. The third kappa shape index (κ3) is 3.42. The largest absolute Gasteiger partial charge is 0.505 e. The quantitative estimate of drug-likeness (QED) is 0.653. The van der Waals surface area contributed by atoms with Gasteiger partial charge in [0.15, 0.2) is 11.6 Å². The van der Waals surface area contributed by atoms with E-state index in [1.807, 2.05) is 29.8 Å². The fourth-order valence-electron chi connectivity index (χ4n) is 4.62. The minimum absolute atomic E-state index is 0.0604. The van der Waals surface area contributed by atoms with Crippen molar-refractivity contribution in [1.82, 2.24) is 19.0 Å². The van der Waals surface area contributed by atoms with E-state index in [-0.39, 0.29) is 17.6 Å². The van der Waals surface area contributed by atoms with E-state index in [1.54, 1.807) is 22.7 Å². The molecule has 9 nitrogen and oxygen atoms in total. The zero-order valence-electron chi connectivity index (χ0n) is 18.3. The topological polar surface area (TPSA) is 102 Å². The van der Waals surface area contributed by atoms with Crippen molar-refractivity contribution in [3.8, 4) is 17.3 Å². The van der Waals surface area contributed by atoms with E-state index in [0.29, 0.717) is 34.9 Å². The molecule has 1 atom stereocenters. The maximum atomic E-state index is 12.9. The van der Waals surface area contributed by atoms with Crippen molar-refractivity contribution in [2.75, 3.05) is 25.0 Å². The third-order valence-electron chi connectivity index (χ3n) is 6.36. The van der Waals surface area contributed by atoms with Crippen LogP contribution in [0.3, 0.4) is 0 Å². The van der Waals surface area contributed by atoms with Gasteiger partial charge in [0.2, 0.25) is 0 Å². The van der Waals surface area contributed by atoms with Gasteiger partial charge in [-0.2, -0.15) is 0 Å². The molecule has 0 saturated carbocycles. The van der Waals surface area contributed by atoms with Crippen molar-refractivity contribution in [2.45, 2.75) is 31.8 Å².